The third kappa shape index (κ3) is 5.58. The Balaban J connectivity index is 1.47. The highest BCUT2D eigenvalue weighted by Crippen LogP contribution is 2.27. The van der Waals surface area contributed by atoms with Gasteiger partial charge in [0.1, 0.15) is 11.3 Å². The van der Waals surface area contributed by atoms with Crippen LogP contribution in [0.1, 0.15) is 74.4 Å². The number of nitrogens with zero attached hydrogens (tertiary/aromatic N) is 1. The highest BCUT2D eigenvalue weighted by molar-refractivity contribution is 6.07. The first kappa shape index (κ1) is 19.9. The first-order valence-electron chi connectivity index (χ1n) is 10.8. The molecule has 1 aliphatic heterocycles. The summed E-state index contributed by atoms with van der Waals surface area (Å²) >= 11 is 0. The molecular formula is C23H34N2O2. The summed E-state index contributed by atoms with van der Waals surface area (Å²) in [7, 11) is 0. The molecule has 0 unspecified atom stereocenters. The summed E-state index contributed by atoms with van der Waals surface area (Å²) in [6.07, 6.45) is 10.5. The number of para-hydroxylation sites is 1. The van der Waals surface area contributed by atoms with Gasteiger partial charge in [-0.3, -0.25) is 4.79 Å². The molecule has 4 heteroatoms. The van der Waals surface area contributed by atoms with Crippen LogP contribution in [0.2, 0.25) is 0 Å². The van der Waals surface area contributed by atoms with Crippen LogP contribution in [0.15, 0.2) is 28.7 Å². The number of carbonyl (C=O) groups is 1. The van der Waals surface area contributed by atoms with Crippen LogP contribution in [0, 0.1) is 0 Å². The minimum absolute atomic E-state index is 0.0158. The highest BCUT2D eigenvalue weighted by Gasteiger charge is 2.19. The Bertz CT molecular complexity index is 716. The molecule has 148 valence electrons. The first-order chi connectivity index (χ1) is 13.3. The van der Waals surface area contributed by atoms with Gasteiger partial charge in [-0.2, -0.15) is 0 Å². The summed E-state index contributed by atoms with van der Waals surface area (Å²) in [5.41, 5.74) is 1.56. The zero-order chi connectivity index (χ0) is 18.9. The summed E-state index contributed by atoms with van der Waals surface area (Å²) in [5.74, 6) is 0.850. The molecule has 1 N–H and O–H groups in total. The number of aryl methyl sites for hydroxylation is 1. The molecule has 2 heterocycles. The van der Waals surface area contributed by atoms with Gasteiger partial charge >= 0.3 is 0 Å². The van der Waals surface area contributed by atoms with E-state index in [1.54, 1.807) is 0 Å². The van der Waals surface area contributed by atoms with Crippen LogP contribution in [0.3, 0.4) is 0 Å². The number of carbonyl (C=O) groups excluding carboxylic acids is 1. The quantitative estimate of drug-likeness (QED) is 0.588. The minimum atomic E-state index is 0.0158. The van der Waals surface area contributed by atoms with E-state index >= 15 is 0 Å². The zero-order valence-electron chi connectivity index (χ0n) is 16.8. The molecule has 27 heavy (non-hydrogen) atoms. The van der Waals surface area contributed by atoms with E-state index in [0.29, 0.717) is 0 Å². The fourth-order valence-corrected chi connectivity index (χ4v) is 3.97. The normalized spacial score (nSPS) is 15.3. The SMILES string of the molecule is CCCCc1oc2ccccc2c1C(=O)NCCCCCN1CCCCC1. The van der Waals surface area contributed by atoms with Crippen LogP contribution in [0.4, 0.5) is 0 Å². The van der Waals surface area contributed by atoms with Crippen molar-refractivity contribution in [3.05, 3.63) is 35.6 Å². The molecule has 0 atom stereocenters. The summed E-state index contributed by atoms with van der Waals surface area (Å²) in [6, 6.07) is 7.86. The van der Waals surface area contributed by atoms with E-state index in [0.717, 1.165) is 54.5 Å². The first-order valence-corrected chi connectivity index (χ1v) is 10.8. The maximum Gasteiger partial charge on any atom is 0.255 e. The van der Waals surface area contributed by atoms with Gasteiger partial charge in [0.05, 0.1) is 5.56 Å². The van der Waals surface area contributed by atoms with Gasteiger partial charge in [-0.15, -0.1) is 0 Å². The molecule has 1 aromatic heterocycles. The van der Waals surface area contributed by atoms with Crippen molar-refractivity contribution in [2.75, 3.05) is 26.2 Å². The largest absolute Gasteiger partial charge is 0.460 e. The van der Waals surface area contributed by atoms with E-state index in [1.807, 2.05) is 24.3 Å². The summed E-state index contributed by atoms with van der Waals surface area (Å²) in [6.45, 7) is 6.65. The maximum absolute atomic E-state index is 12.8. The Morgan fingerprint density at radius 1 is 1.07 bits per heavy atom. The van der Waals surface area contributed by atoms with Crippen molar-refractivity contribution in [2.24, 2.45) is 0 Å². The van der Waals surface area contributed by atoms with Gasteiger partial charge in [0.25, 0.3) is 5.91 Å². The Labute approximate surface area is 163 Å². The molecule has 0 saturated carbocycles. The average Bonchev–Trinajstić information content (AvgIpc) is 3.08. The van der Waals surface area contributed by atoms with Crippen LogP contribution in [-0.2, 0) is 6.42 Å². The monoisotopic (exact) mass is 370 g/mol. The number of benzene rings is 1. The lowest BCUT2D eigenvalue weighted by Gasteiger charge is -2.26. The van der Waals surface area contributed by atoms with Crippen molar-refractivity contribution in [2.45, 2.75) is 64.7 Å². The number of piperidine rings is 1. The lowest BCUT2D eigenvalue weighted by molar-refractivity contribution is 0.0952. The van der Waals surface area contributed by atoms with Crippen LogP contribution < -0.4 is 5.32 Å². The summed E-state index contributed by atoms with van der Waals surface area (Å²) < 4.78 is 5.97. The van der Waals surface area contributed by atoms with E-state index in [9.17, 15) is 4.79 Å². The number of hydrogen-bond acceptors (Lipinski definition) is 3. The number of nitrogens with one attached hydrogen (secondary N) is 1. The van der Waals surface area contributed by atoms with E-state index in [1.165, 1.54) is 51.7 Å². The number of furan rings is 1. The van der Waals surface area contributed by atoms with Crippen molar-refractivity contribution in [1.29, 1.82) is 0 Å². The number of likely N-dealkylation sites (tertiary alicyclic amines) is 1. The second kappa shape index (κ2) is 10.5. The molecule has 4 nitrogen and oxygen atoms in total. The Hall–Kier alpha value is -1.81. The average molecular weight is 371 g/mol. The standard InChI is InChI=1S/C23H34N2O2/c1-2-3-13-21-22(19-12-6-7-14-20(19)27-21)23(26)24-15-8-4-9-16-25-17-10-5-11-18-25/h6-7,12,14H,2-5,8-11,13,15-18H2,1H3,(H,24,26). The molecule has 1 amide bonds. The van der Waals surface area contributed by atoms with Gasteiger partial charge in [-0.1, -0.05) is 44.4 Å². The van der Waals surface area contributed by atoms with Crippen molar-refractivity contribution >= 4 is 16.9 Å². The van der Waals surface area contributed by atoms with E-state index in [2.05, 4.69) is 17.1 Å². The van der Waals surface area contributed by atoms with E-state index in [-0.39, 0.29) is 5.91 Å². The molecular weight excluding hydrogens is 336 g/mol. The van der Waals surface area contributed by atoms with Gasteiger partial charge in [-0.25, -0.2) is 0 Å². The Morgan fingerprint density at radius 3 is 2.70 bits per heavy atom. The summed E-state index contributed by atoms with van der Waals surface area (Å²) in [4.78, 5) is 15.4. The second-order valence-corrected chi connectivity index (χ2v) is 7.72. The molecule has 0 spiro atoms. The highest BCUT2D eigenvalue weighted by atomic mass is 16.3. The van der Waals surface area contributed by atoms with Gasteiger partial charge in [0.2, 0.25) is 0 Å². The lowest BCUT2D eigenvalue weighted by Crippen LogP contribution is -2.30. The molecule has 0 bridgehead atoms. The molecule has 0 aliphatic carbocycles. The Morgan fingerprint density at radius 2 is 1.89 bits per heavy atom. The van der Waals surface area contributed by atoms with Crippen molar-refractivity contribution in [3.63, 3.8) is 0 Å². The van der Waals surface area contributed by atoms with Crippen LogP contribution in [-0.4, -0.2) is 37.0 Å². The zero-order valence-corrected chi connectivity index (χ0v) is 16.8. The van der Waals surface area contributed by atoms with Crippen molar-refractivity contribution in [3.8, 4) is 0 Å². The second-order valence-electron chi connectivity index (χ2n) is 7.72. The molecule has 1 saturated heterocycles. The predicted octanol–water partition coefficient (Wildman–Crippen LogP) is 5.16. The number of unbranched alkanes of at least 4 members (excludes halogenated alkanes) is 3. The maximum atomic E-state index is 12.8. The van der Waals surface area contributed by atoms with Gasteiger partial charge in [-0.05, 0) is 57.8 Å². The van der Waals surface area contributed by atoms with Crippen molar-refractivity contribution in [1.82, 2.24) is 10.2 Å². The topological polar surface area (TPSA) is 45.5 Å². The molecule has 3 rings (SSSR count). The van der Waals surface area contributed by atoms with Gasteiger partial charge < -0.3 is 14.6 Å². The number of amides is 1. The third-order valence-electron chi connectivity index (χ3n) is 5.54. The van der Waals surface area contributed by atoms with Gasteiger partial charge in [0, 0.05) is 18.4 Å². The molecule has 1 aliphatic rings. The van der Waals surface area contributed by atoms with Crippen LogP contribution >= 0.6 is 0 Å². The fraction of sp³-hybridized carbons (Fsp3) is 0.609. The molecule has 1 fully saturated rings. The number of fused-ring (bicyclic) bond motifs is 1. The molecule has 2 aromatic rings. The minimum Gasteiger partial charge on any atom is -0.460 e. The molecule has 1 aromatic carbocycles. The number of hydrogen-bond donors (Lipinski definition) is 1. The summed E-state index contributed by atoms with van der Waals surface area (Å²) in [5, 5.41) is 4.06. The fourth-order valence-electron chi connectivity index (χ4n) is 3.97. The third-order valence-corrected chi connectivity index (χ3v) is 5.54. The van der Waals surface area contributed by atoms with E-state index in [4.69, 9.17) is 4.42 Å². The predicted molar refractivity (Wildman–Crippen MR) is 111 cm³/mol. The van der Waals surface area contributed by atoms with Crippen molar-refractivity contribution < 1.29 is 9.21 Å². The van der Waals surface area contributed by atoms with E-state index < -0.39 is 0 Å². The van der Waals surface area contributed by atoms with Crippen LogP contribution in [0.5, 0.6) is 0 Å². The lowest BCUT2D eigenvalue weighted by atomic mass is 10.1. The van der Waals surface area contributed by atoms with Gasteiger partial charge in [0.15, 0.2) is 0 Å². The number of rotatable bonds is 10. The van der Waals surface area contributed by atoms with Crippen LogP contribution in [0.25, 0.3) is 11.0 Å². The molecule has 0 radical (unpaired) electrons. The Kier molecular flexibility index (Phi) is 7.76. The smallest absolute Gasteiger partial charge is 0.255 e.